The lowest BCUT2D eigenvalue weighted by Crippen LogP contribution is -2.30. The highest BCUT2D eigenvalue weighted by atomic mass is 16.3. The average Bonchev–Trinajstić information content (AvgIpc) is 2.89. The van der Waals surface area contributed by atoms with Gasteiger partial charge in [0.25, 0.3) is 0 Å². The molecule has 0 spiro atoms. The molecule has 44 heavy (non-hydrogen) atoms. The van der Waals surface area contributed by atoms with E-state index < -0.39 is 0 Å². The fourth-order valence-corrected chi connectivity index (χ4v) is 6.28. The van der Waals surface area contributed by atoms with E-state index in [9.17, 15) is 15.0 Å². The van der Waals surface area contributed by atoms with Crippen molar-refractivity contribution in [1.82, 2.24) is 0 Å². The first-order chi connectivity index (χ1) is 20.5. The number of ketones is 1. The summed E-state index contributed by atoms with van der Waals surface area (Å²) in [5.74, 6) is 6.84. The van der Waals surface area contributed by atoms with Gasteiger partial charge in [0.15, 0.2) is 5.78 Å². The van der Waals surface area contributed by atoms with Crippen molar-refractivity contribution in [2.45, 2.75) is 120 Å². The molecule has 0 heterocycles. The molecule has 0 aliphatic heterocycles. The molecule has 2 rings (SSSR count). The van der Waals surface area contributed by atoms with Gasteiger partial charge in [-0.05, 0) is 90.2 Å². The summed E-state index contributed by atoms with van der Waals surface area (Å²) in [7, 11) is 0. The number of carbonyl (C=O) groups excluding carboxylic acids is 1. The molecule has 3 nitrogen and oxygen atoms in total. The SMILES string of the molecule is CC1=C(C#C/C(C)=C/C\C=C/C(C)=C/C=C/C=C(C)/C=C/C=C(\C)C(=O)CC2=C(C)C[C@@H](O)CC2(C)C)C(C)(C)C[C@H](O)C1. The number of hydrogen-bond donors (Lipinski definition) is 2. The lowest BCUT2D eigenvalue weighted by molar-refractivity contribution is -0.115. The molecule has 0 aromatic carbocycles. The number of rotatable bonds is 10. The fraction of sp³-hybridized carbons (Fsp3) is 0.488. The maximum atomic E-state index is 12.9. The van der Waals surface area contributed by atoms with Crippen LogP contribution in [0.25, 0.3) is 0 Å². The molecule has 0 saturated heterocycles. The second kappa shape index (κ2) is 16.8. The predicted molar refractivity (Wildman–Crippen MR) is 188 cm³/mol. The van der Waals surface area contributed by atoms with Crippen LogP contribution >= 0.6 is 0 Å². The molecule has 2 aliphatic rings. The Balaban J connectivity index is 1.87. The molecule has 238 valence electrons. The smallest absolute Gasteiger partial charge is 0.162 e. The molecular weight excluding hydrogens is 540 g/mol. The van der Waals surface area contributed by atoms with Crippen molar-refractivity contribution in [3.05, 3.63) is 105 Å². The molecule has 0 fully saturated rings. The third-order valence-electron chi connectivity index (χ3n) is 8.65. The van der Waals surface area contributed by atoms with E-state index in [0.29, 0.717) is 19.3 Å². The van der Waals surface area contributed by atoms with Crippen LogP contribution in [-0.2, 0) is 4.79 Å². The lowest BCUT2D eigenvalue weighted by atomic mass is 9.70. The Morgan fingerprint density at radius 2 is 1.39 bits per heavy atom. The van der Waals surface area contributed by atoms with E-state index in [1.54, 1.807) is 0 Å². The second-order valence-corrected chi connectivity index (χ2v) is 14.1. The standard InChI is InChI=1S/C41H56O3/c1-29(17-13-14-19-31(3)22-23-37-33(5)24-35(42)27-40(37,7)8)16-11-12-18-30(2)20-15-21-32(4)39(44)26-38-34(6)25-36(43)28-41(38,9)10/h11-13,15-21,35-36,42-43H,14,24-28H2,1-10H3/b12-11+,17-13-,20-15+,29-16+,30-18+,31-19+,32-21+/t35-,36-/m1/s1. The van der Waals surface area contributed by atoms with Crippen molar-refractivity contribution in [3.8, 4) is 11.8 Å². The van der Waals surface area contributed by atoms with Crippen LogP contribution in [0.1, 0.15) is 108 Å². The molecule has 0 saturated carbocycles. The summed E-state index contributed by atoms with van der Waals surface area (Å²) in [4.78, 5) is 12.9. The number of aliphatic hydroxyl groups excluding tert-OH is 2. The van der Waals surface area contributed by atoms with Crippen molar-refractivity contribution in [1.29, 1.82) is 0 Å². The first-order valence-corrected chi connectivity index (χ1v) is 16.0. The summed E-state index contributed by atoms with van der Waals surface area (Å²) >= 11 is 0. The Morgan fingerprint density at radius 1 is 0.818 bits per heavy atom. The van der Waals surface area contributed by atoms with Gasteiger partial charge in [-0.3, -0.25) is 4.79 Å². The molecule has 0 bridgehead atoms. The van der Waals surface area contributed by atoms with Crippen LogP contribution < -0.4 is 0 Å². The van der Waals surface area contributed by atoms with Crippen LogP contribution in [0.3, 0.4) is 0 Å². The monoisotopic (exact) mass is 596 g/mol. The molecule has 0 amide bonds. The van der Waals surface area contributed by atoms with Gasteiger partial charge in [0, 0.05) is 17.4 Å². The number of aliphatic hydroxyl groups is 2. The fourth-order valence-electron chi connectivity index (χ4n) is 6.28. The van der Waals surface area contributed by atoms with Gasteiger partial charge in [0.1, 0.15) is 0 Å². The van der Waals surface area contributed by atoms with Crippen LogP contribution in [0.4, 0.5) is 0 Å². The van der Waals surface area contributed by atoms with Crippen LogP contribution in [0.5, 0.6) is 0 Å². The Hall–Kier alpha value is -3.19. The van der Waals surface area contributed by atoms with Crippen LogP contribution in [0.2, 0.25) is 0 Å². The van der Waals surface area contributed by atoms with E-state index >= 15 is 0 Å². The van der Waals surface area contributed by atoms with Crippen molar-refractivity contribution in [3.63, 3.8) is 0 Å². The maximum Gasteiger partial charge on any atom is 0.162 e. The number of hydrogen-bond acceptors (Lipinski definition) is 3. The zero-order chi connectivity index (χ0) is 33.1. The van der Waals surface area contributed by atoms with Crippen molar-refractivity contribution in [2.24, 2.45) is 10.8 Å². The van der Waals surface area contributed by atoms with E-state index in [0.717, 1.165) is 41.6 Å². The molecular formula is C41H56O3. The van der Waals surface area contributed by atoms with Gasteiger partial charge in [-0.15, -0.1) is 0 Å². The summed E-state index contributed by atoms with van der Waals surface area (Å²) in [5, 5.41) is 20.2. The number of Topliss-reactive ketones (excluding diaryl/α,β-unsaturated/α-hetero) is 1. The van der Waals surface area contributed by atoms with Gasteiger partial charge >= 0.3 is 0 Å². The highest BCUT2D eigenvalue weighted by Gasteiger charge is 2.34. The molecule has 3 heteroatoms. The molecule has 2 aliphatic carbocycles. The van der Waals surface area contributed by atoms with Crippen LogP contribution in [-0.4, -0.2) is 28.2 Å². The van der Waals surface area contributed by atoms with Crippen LogP contribution in [0.15, 0.2) is 105 Å². The third-order valence-corrected chi connectivity index (χ3v) is 8.65. The molecule has 2 N–H and O–H groups in total. The minimum absolute atomic E-state index is 0.0819. The molecule has 0 radical (unpaired) electrons. The largest absolute Gasteiger partial charge is 0.393 e. The summed E-state index contributed by atoms with van der Waals surface area (Å²) < 4.78 is 0. The van der Waals surface area contributed by atoms with Gasteiger partial charge < -0.3 is 10.2 Å². The van der Waals surface area contributed by atoms with Gasteiger partial charge in [-0.2, -0.15) is 0 Å². The second-order valence-electron chi connectivity index (χ2n) is 14.1. The summed E-state index contributed by atoms with van der Waals surface area (Å²) in [6.07, 6.45) is 24.0. The van der Waals surface area contributed by atoms with Crippen molar-refractivity contribution < 1.29 is 15.0 Å². The van der Waals surface area contributed by atoms with Gasteiger partial charge in [-0.25, -0.2) is 0 Å². The van der Waals surface area contributed by atoms with E-state index in [1.807, 2.05) is 51.2 Å². The van der Waals surface area contributed by atoms with Gasteiger partial charge in [0.2, 0.25) is 0 Å². The topological polar surface area (TPSA) is 57.5 Å². The third kappa shape index (κ3) is 12.1. The Morgan fingerprint density at radius 3 is 1.98 bits per heavy atom. The van der Waals surface area contributed by atoms with Gasteiger partial charge in [-0.1, -0.05) is 128 Å². The van der Waals surface area contributed by atoms with Crippen molar-refractivity contribution in [2.75, 3.05) is 0 Å². The minimum Gasteiger partial charge on any atom is -0.393 e. The van der Waals surface area contributed by atoms with Crippen molar-refractivity contribution >= 4 is 5.78 Å². The number of allylic oxidation sites excluding steroid dienone is 16. The first-order valence-electron chi connectivity index (χ1n) is 16.0. The minimum atomic E-state index is -0.314. The van der Waals surface area contributed by atoms with E-state index in [2.05, 4.69) is 90.7 Å². The highest BCUT2D eigenvalue weighted by Crippen LogP contribution is 2.42. The maximum absolute atomic E-state index is 12.9. The first kappa shape index (κ1) is 37.0. The van der Waals surface area contributed by atoms with E-state index in [-0.39, 0.29) is 28.8 Å². The summed E-state index contributed by atoms with van der Waals surface area (Å²) in [6.45, 7) is 20.8. The van der Waals surface area contributed by atoms with E-state index in [1.165, 1.54) is 22.3 Å². The predicted octanol–water partition coefficient (Wildman–Crippen LogP) is 9.79. The molecule has 0 aromatic heterocycles. The van der Waals surface area contributed by atoms with E-state index in [4.69, 9.17) is 0 Å². The Kier molecular flexibility index (Phi) is 14.1. The van der Waals surface area contributed by atoms with Gasteiger partial charge in [0.05, 0.1) is 12.2 Å². The number of carbonyl (C=O) groups is 1. The normalized spacial score (nSPS) is 23.6. The zero-order valence-corrected chi connectivity index (χ0v) is 29.0. The molecule has 0 aromatic rings. The molecule has 2 atom stereocenters. The van der Waals surface area contributed by atoms with Crippen LogP contribution in [0, 0.1) is 22.7 Å². The lowest BCUT2D eigenvalue weighted by Gasteiger charge is -2.37. The average molecular weight is 597 g/mol. The Labute approximate surface area is 268 Å². The quantitative estimate of drug-likeness (QED) is 0.114. The summed E-state index contributed by atoms with van der Waals surface area (Å²) in [6, 6.07) is 0. The molecule has 0 unspecified atom stereocenters. The Bertz CT molecular complexity index is 1400. The zero-order valence-electron chi connectivity index (χ0n) is 29.0. The highest BCUT2D eigenvalue weighted by molar-refractivity contribution is 5.96. The summed E-state index contributed by atoms with van der Waals surface area (Å²) in [5.41, 5.74) is 8.54.